The first kappa shape index (κ1) is 19.0. The van der Waals surface area contributed by atoms with Gasteiger partial charge in [-0.05, 0) is 31.7 Å². The van der Waals surface area contributed by atoms with Crippen LogP contribution in [0.3, 0.4) is 0 Å². The number of nitrogens with zero attached hydrogens (tertiary/aromatic N) is 5. The molecule has 3 aliphatic rings. The van der Waals surface area contributed by atoms with Gasteiger partial charge in [0, 0.05) is 44.5 Å². The average molecular weight is 412 g/mol. The second-order valence-corrected chi connectivity index (χ2v) is 8.91. The molecule has 1 unspecified atom stereocenters. The van der Waals surface area contributed by atoms with Crippen molar-refractivity contribution < 1.29 is 14.0 Å². The van der Waals surface area contributed by atoms with E-state index in [9.17, 15) is 14.0 Å². The molecular formula is C21H25FN6O2. The number of carbonyl (C=O) groups is 2. The topological polar surface area (TPSA) is 82.8 Å². The number of carbonyl (C=O) groups excluding carboxylic acids is 2. The Morgan fingerprint density at radius 1 is 1.33 bits per heavy atom. The minimum absolute atomic E-state index is 0.0442. The van der Waals surface area contributed by atoms with Crippen molar-refractivity contribution in [1.82, 2.24) is 24.8 Å². The van der Waals surface area contributed by atoms with Crippen LogP contribution in [0.5, 0.6) is 0 Å². The summed E-state index contributed by atoms with van der Waals surface area (Å²) in [6, 6.07) is 1.68. The number of fused-ring (bicyclic) bond motifs is 6. The summed E-state index contributed by atoms with van der Waals surface area (Å²) in [5.41, 5.74) is 0.0259. The highest BCUT2D eigenvalue weighted by Gasteiger charge is 2.50. The molecule has 1 N–H and O–H groups in total. The molecule has 2 aromatic rings. The number of hydrogen-bond donors (Lipinski definition) is 1. The maximum Gasteiger partial charge on any atom is 0.256 e. The molecule has 5 heterocycles. The summed E-state index contributed by atoms with van der Waals surface area (Å²) >= 11 is 0. The largest absolute Gasteiger partial charge is 0.352 e. The van der Waals surface area contributed by atoms with Crippen molar-refractivity contribution in [2.75, 3.05) is 24.5 Å². The summed E-state index contributed by atoms with van der Waals surface area (Å²) in [5.74, 6) is 0.0294. The van der Waals surface area contributed by atoms with Gasteiger partial charge >= 0.3 is 0 Å². The van der Waals surface area contributed by atoms with Crippen LogP contribution in [0.2, 0.25) is 0 Å². The molecule has 1 fully saturated rings. The Balaban J connectivity index is 1.66. The van der Waals surface area contributed by atoms with Gasteiger partial charge in [-0.25, -0.2) is 13.9 Å². The van der Waals surface area contributed by atoms with E-state index >= 15 is 0 Å². The monoisotopic (exact) mass is 412 g/mol. The number of allylic oxidation sites excluding steroid dienone is 1. The van der Waals surface area contributed by atoms with Crippen LogP contribution in [-0.4, -0.2) is 57.0 Å². The van der Waals surface area contributed by atoms with Gasteiger partial charge in [-0.3, -0.25) is 9.59 Å². The van der Waals surface area contributed by atoms with Gasteiger partial charge in [0.1, 0.15) is 17.2 Å². The molecule has 0 aromatic carbocycles. The van der Waals surface area contributed by atoms with Crippen LogP contribution in [0.1, 0.15) is 43.5 Å². The zero-order valence-electron chi connectivity index (χ0n) is 17.1. The zero-order valence-corrected chi connectivity index (χ0v) is 17.1. The first-order valence-electron chi connectivity index (χ1n) is 10.4. The number of hydrogen-bond acceptors (Lipinski definition) is 5. The van der Waals surface area contributed by atoms with Crippen molar-refractivity contribution in [2.45, 2.75) is 39.2 Å². The molecule has 4 bridgehead atoms. The summed E-state index contributed by atoms with van der Waals surface area (Å²) in [6.07, 6.45) is 6.41. The Hall–Kier alpha value is -2.97. The van der Waals surface area contributed by atoms with E-state index in [1.807, 2.05) is 19.9 Å². The zero-order chi connectivity index (χ0) is 21.0. The molecule has 8 nitrogen and oxygen atoms in total. The molecule has 0 radical (unpaired) electrons. The highest BCUT2D eigenvalue weighted by atomic mass is 19.1. The highest BCUT2D eigenvalue weighted by molar-refractivity contribution is 5.99. The third kappa shape index (κ3) is 2.86. The van der Waals surface area contributed by atoms with Crippen LogP contribution in [0.4, 0.5) is 10.2 Å². The van der Waals surface area contributed by atoms with E-state index < -0.39 is 5.41 Å². The van der Waals surface area contributed by atoms with E-state index in [0.717, 1.165) is 19.4 Å². The Kier molecular flexibility index (Phi) is 4.30. The maximum absolute atomic E-state index is 14.7. The molecule has 30 heavy (non-hydrogen) atoms. The van der Waals surface area contributed by atoms with Crippen molar-refractivity contribution >= 4 is 23.3 Å². The fourth-order valence-corrected chi connectivity index (χ4v) is 5.07. The molecule has 3 atom stereocenters. The Morgan fingerprint density at radius 3 is 3.00 bits per heavy atom. The summed E-state index contributed by atoms with van der Waals surface area (Å²) in [7, 11) is 0. The van der Waals surface area contributed by atoms with Gasteiger partial charge in [-0.15, -0.1) is 0 Å². The lowest BCUT2D eigenvalue weighted by Crippen LogP contribution is -2.55. The van der Waals surface area contributed by atoms with Crippen LogP contribution in [-0.2, 0) is 4.79 Å². The summed E-state index contributed by atoms with van der Waals surface area (Å²) in [4.78, 5) is 34.6. The van der Waals surface area contributed by atoms with E-state index in [-0.39, 0.29) is 36.0 Å². The van der Waals surface area contributed by atoms with Crippen LogP contribution < -0.4 is 10.2 Å². The first-order valence-corrected chi connectivity index (χ1v) is 10.4. The second-order valence-electron chi connectivity index (χ2n) is 8.91. The molecule has 2 aromatic heterocycles. The molecule has 0 aliphatic carbocycles. The molecule has 3 aliphatic heterocycles. The first-order chi connectivity index (χ1) is 14.4. The van der Waals surface area contributed by atoms with Gasteiger partial charge in [0.15, 0.2) is 5.65 Å². The molecule has 1 saturated heterocycles. The van der Waals surface area contributed by atoms with E-state index in [4.69, 9.17) is 4.98 Å². The van der Waals surface area contributed by atoms with E-state index in [1.165, 1.54) is 17.3 Å². The SMILES string of the molecule is C[C@H]1CNC(=O)c2cnn3ccc(nc23)N2CCC[C@@H]2C2(C)CC(F)=CN(C1)C2=O. The number of aromatic nitrogens is 3. The fraction of sp³-hybridized carbons (Fsp3) is 0.524. The second kappa shape index (κ2) is 6.78. The third-order valence-electron chi connectivity index (χ3n) is 6.58. The quantitative estimate of drug-likeness (QED) is 0.717. The number of anilines is 1. The number of rotatable bonds is 0. The van der Waals surface area contributed by atoms with Gasteiger partial charge in [0.2, 0.25) is 5.91 Å². The van der Waals surface area contributed by atoms with E-state index in [0.29, 0.717) is 30.1 Å². The van der Waals surface area contributed by atoms with E-state index in [1.54, 1.807) is 10.7 Å². The lowest BCUT2D eigenvalue weighted by molar-refractivity contribution is -0.142. The van der Waals surface area contributed by atoms with Crippen molar-refractivity contribution in [2.24, 2.45) is 11.3 Å². The average Bonchev–Trinajstić information content (AvgIpc) is 3.36. The smallest absolute Gasteiger partial charge is 0.256 e. The Bertz CT molecular complexity index is 1060. The molecule has 9 heteroatoms. The Labute approximate surface area is 173 Å². The lowest BCUT2D eigenvalue weighted by atomic mass is 9.74. The van der Waals surface area contributed by atoms with Crippen LogP contribution in [0.25, 0.3) is 5.65 Å². The van der Waals surface area contributed by atoms with Gasteiger partial charge in [-0.2, -0.15) is 5.10 Å². The minimum Gasteiger partial charge on any atom is -0.352 e. The molecule has 0 spiro atoms. The minimum atomic E-state index is -0.876. The normalized spacial score (nSPS) is 29.6. The van der Waals surface area contributed by atoms with Crippen LogP contribution >= 0.6 is 0 Å². The van der Waals surface area contributed by atoms with Gasteiger partial charge < -0.3 is 15.1 Å². The Morgan fingerprint density at radius 2 is 2.17 bits per heavy atom. The van der Waals surface area contributed by atoms with Crippen molar-refractivity contribution in [3.05, 3.63) is 36.1 Å². The van der Waals surface area contributed by atoms with Gasteiger partial charge in [0.25, 0.3) is 5.91 Å². The summed E-state index contributed by atoms with van der Waals surface area (Å²) < 4.78 is 16.3. The molecule has 158 valence electrons. The molecule has 2 amide bonds. The molecule has 0 saturated carbocycles. The highest BCUT2D eigenvalue weighted by Crippen LogP contribution is 2.44. The number of halogens is 1. The van der Waals surface area contributed by atoms with Crippen LogP contribution in [0.15, 0.2) is 30.5 Å². The predicted octanol–water partition coefficient (Wildman–Crippen LogP) is 2.13. The number of nitrogens with one attached hydrogen (secondary N) is 1. The van der Waals surface area contributed by atoms with Crippen molar-refractivity contribution in [1.29, 1.82) is 0 Å². The van der Waals surface area contributed by atoms with E-state index in [2.05, 4.69) is 15.3 Å². The molecule has 5 rings (SSSR count). The van der Waals surface area contributed by atoms with Crippen molar-refractivity contribution in [3.63, 3.8) is 0 Å². The lowest BCUT2D eigenvalue weighted by Gasteiger charge is -2.44. The van der Waals surface area contributed by atoms with Crippen molar-refractivity contribution in [3.8, 4) is 0 Å². The van der Waals surface area contributed by atoms with Crippen LogP contribution in [0, 0.1) is 11.3 Å². The summed E-state index contributed by atoms with van der Waals surface area (Å²) in [5, 5.41) is 7.15. The van der Waals surface area contributed by atoms with Gasteiger partial charge in [-0.1, -0.05) is 6.92 Å². The standard InChI is InChI=1S/C21H25FN6O2/c1-13-9-23-19(29)15-10-24-28-7-5-17(25-18(15)28)27-6-3-4-16(27)21(2)8-14(22)12-26(11-13)20(21)30/h5,7,10,12-13,16H,3-4,6,8-9,11H2,1-2H3,(H,23,29)/t13-,16+,21?/m0/s1. The fourth-order valence-electron chi connectivity index (χ4n) is 5.07. The third-order valence-corrected chi connectivity index (χ3v) is 6.58. The summed E-state index contributed by atoms with van der Waals surface area (Å²) in [6.45, 7) is 5.25. The number of amides is 2. The molecular weight excluding hydrogens is 387 g/mol. The maximum atomic E-state index is 14.7. The van der Waals surface area contributed by atoms with Gasteiger partial charge in [0.05, 0.1) is 11.6 Å². The predicted molar refractivity (Wildman–Crippen MR) is 108 cm³/mol.